The predicted octanol–water partition coefficient (Wildman–Crippen LogP) is 1.33. The Morgan fingerprint density at radius 3 is 2.65 bits per heavy atom. The first-order valence-corrected chi connectivity index (χ1v) is 6.92. The molecule has 3 atom stereocenters. The SMILES string of the molecule is N[C@@H]1CCCC[C@H]1NC(=O)CC1CCCCO1. The van der Waals surface area contributed by atoms with Crippen molar-refractivity contribution in [3.8, 4) is 0 Å². The monoisotopic (exact) mass is 240 g/mol. The normalized spacial score (nSPS) is 34.3. The number of nitrogens with two attached hydrogens (primary N) is 1. The first-order valence-electron chi connectivity index (χ1n) is 6.92. The van der Waals surface area contributed by atoms with Crippen LogP contribution in [0.3, 0.4) is 0 Å². The molecule has 0 aromatic rings. The fraction of sp³-hybridized carbons (Fsp3) is 0.923. The van der Waals surface area contributed by atoms with Crippen LogP contribution in [0.15, 0.2) is 0 Å². The molecule has 1 amide bonds. The molecule has 1 saturated heterocycles. The summed E-state index contributed by atoms with van der Waals surface area (Å²) in [6.45, 7) is 0.806. The molecule has 2 rings (SSSR count). The van der Waals surface area contributed by atoms with Crippen molar-refractivity contribution in [2.75, 3.05) is 6.61 Å². The lowest BCUT2D eigenvalue weighted by Gasteiger charge is -2.30. The summed E-state index contributed by atoms with van der Waals surface area (Å²) in [5.74, 6) is 0.110. The zero-order valence-electron chi connectivity index (χ0n) is 10.5. The second-order valence-electron chi connectivity index (χ2n) is 5.32. The molecule has 4 nitrogen and oxygen atoms in total. The maximum atomic E-state index is 11.9. The molecule has 1 heterocycles. The molecular weight excluding hydrogens is 216 g/mol. The largest absolute Gasteiger partial charge is 0.378 e. The Hall–Kier alpha value is -0.610. The van der Waals surface area contributed by atoms with E-state index in [1.807, 2.05) is 0 Å². The van der Waals surface area contributed by atoms with Crippen LogP contribution in [0.4, 0.5) is 0 Å². The van der Waals surface area contributed by atoms with Crippen LogP contribution in [0.1, 0.15) is 51.4 Å². The van der Waals surface area contributed by atoms with Gasteiger partial charge in [-0.2, -0.15) is 0 Å². The van der Waals surface area contributed by atoms with Gasteiger partial charge in [0.2, 0.25) is 5.91 Å². The maximum Gasteiger partial charge on any atom is 0.222 e. The second kappa shape index (κ2) is 6.36. The lowest BCUT2D eigenvalue weighted by Crippen LogP contribution is -2.49. The highest BCUT2D eigenvalue weighted by atomic mass is 16.5. The van der Waals surface area contributed by atoms with E-state index in [2.05, 4.69) is 5.32 Å². The average Bonchev–Trinajstić information content (AvgIpc) is 2.33. The molecular formula is C13H24N2O2. The van der Waals surface area contributed by atoms with Crippen LogP contribution in [-0.2, 0) is 9.53 Å². The molecule has 1 unspecified atom stereocenters. The van der Waals surface area contributed by atoms with E-state index in [1.54, 1.807) is 0 Å². The van der Waals surface area contributed by atoms with Gasteiger partial charge in [0, 0.05) is 18.7 Å². The van der Waals surface area contributed by atoms with Crippen LogP contribution in [0, 0.1) is 0 Å². The fourth-order valence-electron chi connectivity index (χ4n) is 2.78. The molecule has 4 heteroatoms. The molecule has 1 aliphatic carbocycles. The van der Waals surface area contributed by atoms with Gasteiger partial charge in [0.1, 0.15) is 0 Å². The van der Waals surface area contributed by atoms with Crippen molar-refractivity contribution >= 4 is 5.91 Å². The van der Waals surface area contributed by atoms with E-state index < -0.39 is 0 Å². The minimum atomic E-state index is 0.110. The van der Waals surface area contributed by atoms with E-state index in [0.717, 1.165) is 32.3 Å². The Morgan fingerprint density at radius 2 is 1.94 bits per heavy atom. The summed E-state index contributed by atoms with van der Waals surface area (Å²) in [5.41, 5.74) is 6.01. The van der Waals surface area contributed by atoms with Gasteiger partial charge in [-0.3, -0.25) is 4.79 Å². The van der Waals surface area contributed by atoms with Crippen LogP contribution < -0.4 is 11.1 Å². The third kappa shape index (κ3) is 3.96. The minimum absolute atomic E-state index is 0.110. The first-order chi connectivity index (χ1) is 8.25. The number of hydrogen-bond acceptors (Lipinski definition) is 3. The molecule has 2 fully saturated rings. The Balaban J connectivity index is 1.72. The molecule has 0 bridgehead atoms. The number of ether oxygens (including phenoxy) is 1. The van der Waals surface area contributed by atoms with E-state index in [4.69, 9.17) is 10.5 Å². The number of carbonyl (C=O) groups is 1. The molecule has 2 aliphatic rings. The van der Waals surface area contributed by atoms with E-state index >= 15 is 0 Å². The highest BCUT2D eigenvalue weighted by molar-refractivity contribution is 5.76. The van der Waals surface area contributed by atoms with Gasteiger partial charge >= 0.3 is 0 Å². The van der Waals surface area contributed by atoms with Crippen molar-refractivity contribution < 1.29 is 9.53 Å². The Labute approximate surface area is 103 Å². The highest BCUT2D eigenvalue weighted by Gasteiger charge is 2.25. The zero-order chi connectivity index (χ0) is 12.1. The van der Waals surface area contributed by atoms with Crippen LogP contribution in [-0.4, -0.2) is 30.7 Å². The number of nitrogens with one attached hydrogen (secondary N) is 1. The molecule has 98 valence electrons. The van der Waals surface area contributed by atoms with Gasteiger partial charge in [-0.15, -0.1) is 0 Å². The third-order valence-corrected chi connectivity index (χ3v) is 3.85. The number of rotatable bonds is 3. The summed E-state index contributed by atoms with van der Waals surface area (Å²) in [4.78, 5) is 11.9. The van der Waals surface area contributed by atoms with Gasteiger partial charge in [0.05, 0.1) is 12.5 Å². The molecule has 1 aliphatic heterocycles. The smallest absolute Gasteiger partial charge is 0.222 e. The summed E-state index contributed by atoms with van der Waals surface area (Å²) in [7, 11) is 0. The lowest BCUT2D eigenvalue weighted by molar-refractivity contribution is -0.125. The van der Waals surface area contributed by atoms with Crippen LogP contribution in [0.5, 0.6) is 0 Å². The quantitative estimate of drug-likeness (QED) is 0.782. The van der Waals surface area contributed by atoms with Gasteiger partial charge in [-0.1, -0.05) is 12.8 Å². The van der Waals surface area contributed by atoms with Gasteiger partial charge in [-0.05, 0) is 32.1 Å². The van der Waals surface area contributed by atoms with E-state index in [0.29, 0.717) is 6.42 Å². The van der Waals surface area contributed by atoms with Gasteiger partial charge in [-0.25, -0.2) is 0 Å². The Morgan fingerprint density at radius 1 is 1.18 bits per heavy atom. The van der Waals surface area contributed by atoms with E-state index in [-0.39, 0.29) is 24.1 Å². The van der Waals surface area contributed by atoms with E-state index in [9.17, 15) is 4.79 Å². The number of amides is 1. The van der Waals surface area contributed by atoms with Crippen molar-refractivity contribution in [3.63, 3.8) is 0 Å². The summed E-state index contributed by atoms with van der Waals surface area (Å²) in [6, 6.07) is 0.319. The minimum Gasteiger partial charge on any atom is -0.378 e. The van der Waals surface area contributed by atoms with E-state index in [1.165, 1.54) is 19.3 Å². The van der Waals surface area contributed by atoms with Crippen LogP contribution in [0.2, 0.25) is 0 Å². The number of hydrogen-bond donors (Lipinski definition) is 2. The van der Waals surface area contributed by atoms with Crippen molar-refractivity contribution in [2.24, 2.45) is 5.73 Å². The molecule has 17 heavy (non-hydrogen) atoms. The van der Waals surface area contributed by atoms with Crippen molar-refractivity contribution in [1.82, 2.24) is 5.32 Å². The Kier molecular flexibility index (Phi) is 4.80. The summed E-state index contributed by atoms with van der Waals surface area (Å²) >= 11 is 0. The lowest BCUT2D eigenvalue weighted by atomic mass is 9.91. The molecule has 3 N–H and O–H groups in total. The summed E-state index contributed by atoms with van der Waals surface area (Å²) in [5, 5.41) is 3.07. The average molecular weight is 240 g/mol. The molecule has 0 aromatic carbocycles. The summed E-state index contributed by atoms with van der Waals surface area (Å²) < 4.78 is 5.57. The number of carbonyl (C=O) groups excluding carboxylic acids is 1. The molecule has 0 spiro atoms. The predicted molar refractivity (Wildman–Crippen MR) is 66.6 cm³/mol. The Bertz CT molecular complexity index is 252. The van der Waals surface area contributed by atoms with Crippen molar-refractivity contribution in [1.29, 1.82) is 0 Å². The summed E-state index contributed by atoms with van der Waals surface area (Å²) in [6.07, 6.45) is 8.39. The third-order valence-electron chi connectivity index (χ3n) is 3.85. The topological polar surface area (TPSA) is 64.3 Å². The molecule has 0 aromatic heterocycles. The van der Waals surface area contributed by atoms with Gasteiger partial charge in [0.25, 0.3) is 0 Å². The van der Waals surface area contributed by atoms with Crippen LogP contribution >= 0.6 is 0 Å². The first kappa shape index (κ1) is 12.8. The zero-order valence-corrected chi connectivity index (χ0v) is 10.5. The second-order valence-corrected chi connectivity index (χ2v) is 5.32. The van der Waals surface area contributed by atoms with Crippen molar-refractivity contribution in [3.05, 3.63) is 0 Å². The fourth-order valence-corrected chi connectivity index (χ4v) is 2.78. The molecule has 0 radical (unpaired) electrons. The molecule has 1 saturated carbocycles. The van der Waals surface area contributed by atoms with Crippen molar-refractivity contribution in [2.45, 2.75) is 69.6 Å². The standard InChI is InChI=1S/C13H24N2O2/c14-11-6-1-2-7-12(11)15-13(16)9-10-5-3-4-8-17-10/h10-12H,1-9,14H2,(H,15,16)/t10?,11-,12-/m1/s1. The maximum absolute atomic E-state index is 11.9. The van der Waals surface area contributed by atoms with Gasteiger partial charge in [0.15, 0.2) is 0 Å². The highest BCUT2D eigenvalue weighted by Crippen LogP contribution is 2.18. The van der Waals surface area contributed by atoms with Crippen LogP contribution in [0.25, 0.3) is 0 Å². The van der Waals surface area contributed by atoms with Gasteiger partial charge < -0.3 is 15.8 Å².